The summed E-state index contributed by atoms with van der Waals surface area (Å²) in [6, 6.07) is 16.2. The largest absolute Gasteiger partial charge is 0.348 e. The molecule has 102 valence electrons. The highest BCUT2D eigenvalue weighted by Crippen LogP contribution is 2.39. The average Bonchev–Trinajstić information content (AvgIpc) is 2.42. The molecular formula is C16H13Cl3Si. The molecule has 0 radical (unpaired) electrons. The minimum Gasteiger partial charge on any atom is -0.125 e. The first kappa shape index (κ1) is 14.2. The van der Waals surface area contributed by atoms with Gasteiger partial charge in [-0.25, -0.2) is 0 Å². The highest BCUT2D eigenvalue weighted by molar-refractivity contribution is 7.65. The van der Waals surface area contributed by atoms with Crippen molar-refractivity contribution in [2.24, 2.45) is 0 Å². The van der Waals surface area contributed by atoms with Crippen molar-refractivity contribution in [2.75, 3.05) is 0 Å². The van der Waals surface area contributed by atoms with Gasteiger partial charge in [0.1, 0.15) is 0 Å². The van der Waals surface area contributed by atoms with Crippen LogP contribution in [0.25, 0.3) is 21.5 Å². The van der Waals surface area contributed by atoms with Gasteiger partial charge in [-0.2, -0.15) is 0 Å². The van der Waals surface area contributed by atoms with E-state index >= 15 is 0 Å². The van der Waals surface area contributed by atoms with E-state index in [1.807, 2.05) is 19.1 Å². The maximum absolute atomic E-state index is 6.21. The second kappa shape index (κ2) is 5.23. The molecule has 3 rings (SSSR count). The maximum Gasteiger partial charge on any atom is 0.348 e. The summed E-state index contributed by atoms with van der Waals surface area (Å²) < 4.78 is 0. The van der Waals surface area contributed by atoms with Gasteiger partial charge in [0.25, 0.3) is 0 Å². The molecule has 0 bridgehead atoms. The third kappa shape index (κ3) is 2.56. The summed E-state index contributed by atoms with van der Waals surface area (Å²) in [5, 5.41) is 4.82. The van der Waals surface area contributed by atoms with Crippen LogP contribution in [0.3, 0.4) is 0 Å². The third-order valence-electron chi connectivity index (χ3n) is 3.74. The summed E-state index contributed by atoms with van der Waals surface area (Å²) in [5.74, 6) is 0. The minimum absolute atomic E-state index is 0.0302. The van der Waals surface area contributed by atoms with Gasteiger partial charge in [-0.05, 0) is 39.2 Å². The van der Waals surface area contributed by atoms with Crippen LogP contribution in [0.1, 0.15) is 18.0 Å². The molecule has 0 aromatic heterocycles. The molecule has 0 saturated carbocycles. The molecule has 3 aromatic carbocycles. The normalized spacial score (nSPS) is 13.8. The lowest BCUT2D eigenvalue weighted by Crippen LogP contribution is -2.20. The van der Waals surface area contributed by atoms with Crippen LogP contribution < -0.4 is 0 Å². The lowest BCUT2D eigenvalue weighted by atomic mass is 9.98. The van der Waals surface area contributed by atoms with Gasteiger partial charge >= 0.3 is 6.00 Å². The fourth-order valence-corrected chi connectivity index (χ4v) is 4.21. The van der Waals surface area contributed by atoms with E-state index in [1.54, 1.807) is 0 Å². The number of hydrogen-bond donors (Lipinski definition) is 0. The predicted octanol–water partition coefficient (Wildman–Crippen LogP) is 6.29. The van der Waals surface area contributed by atoms with Crippen LogP contribution in [0.2, 0.25) is 0 Å². The van der Waals surface area contributed by atoms with E-state index in [0.717, 1.165) is 5.56 Å². The van der Waals surface area contributed by atoms with E-state index in [9.17, 15) is 0 Å². The van der Waals surface area contributed by atoms with Crippen molar-refractivity contribution in [3.63, 3.8) is 0 Å². The van der Waals surface area contributed by atoms with Crippen molar-refractivity contribution in [3.8, 4) is 0 Å². The molecule has 0 N–H and O–H groups in total. The molecule has 0 fully saturated rings. The molecule has 1 atom stereocenters. The molecule has 1 unspecified atom stereocenters. The second-order valence-corrected chi connectivity index (χ2v) is 14.1. The van der Waals surface area contributed by atoms with Crippen LogP contribution in [0, 0.1) is 0 Å². The Morgan fingerprint density at radius 3 is 2.05 bits per heavy atom. The van der Waals surface area contributed by atoms with Crippen LogP contribution in [0.4, 0.5) is 0 Å². The molecule has 0 nitrogen and oxygen atoms in total. The quantitative estimate of drug-likeness (QED) is 0.292. The van der Waals surface area contributed by atoms with Crippen molar-refractivity contribution in [1.82, 2.24) is 0 Å². The Labute approximate surface area is 133 Å². The highest BCUT2D eigenvalue weighted by atomic mass is 35.8. The van der Waals surface area contributed by atoms with Crippen molar-refractivity contribution in [3.05, 3.63) is 60.2 Å². The van der Waals surface area contributed by atoms with E-state index in [0.29, 0.717) is 0 Å². The van der Waals surface area contributed by atoms with Gasteiger partial charge in [-0.3, -0.25) is 0 Å². The third-order valence-corrected chi connectivity index (χ3v) is 7.98. The first-order chi connectivity index (χ1) is 9.47. The van der Waals surface area contributed by atoms with Crippen LogP contribution in [0.15, 0.2) is 54.6 Å². The first-order valence-corrected chi connectivity index (χ1v) is 11.6. The predicted molar refractivity (Wildman–Crippen MR) is 93.2 cm³/mol. The molecule has 3 aromatic rings. The molecule has 0 heterocycles. The zero-order valence-corrected chi connectivity index (χ0v) is 14.2. The Morgan fingerprint density at radius 2 is 1.40 bits per heavy atom. The summed E-state index contributed by atoms with van der Waals surface area (Å²) in [5.41, 5.74) is 1.09. The molecular weight excluding hydrogens is 327 g/mol. The standard InChI is InChI=1S/C16H13Cl3Si/c1-11(20(17,18)19)15-8-4-7-14-9-12-5-2-3-6-13(12)10-16(14)15/h2-11H,1H3. The molecule has 0 amide bonds. The zero-order valence-electron chi connectivity index (χ0n) is 10.9. The SMILES string of the molecule is CC(c1cccc2cc3ccccc3cc12)[Si](Cl)(Cl)Cl. The van der Waals surface area contributed by atoms with Gasteiger partial charge < -0.3 is 0 Å². The fourth-order valence-electron chi connectivity index (χ4n) is 2.54. The summed E-state index contributed by atoms with van der Waals surface area (Å²) in [6.07, 6.45) is 0. The molecule has 0 spiro atoms. The van der Waals surface area contributed by atoms with Crippen LogP contribution in [-0.2, 0) is 0 Å². The van der Waals surface area contributed by atoms with E-state index < -0.39 is 6.00 Å². The van der Waals surface area contributed by atoms with E-state index in [2.05, 4.69) is 42.5 Å². The molecule has 0 aliphatic carbocycles. The van der Waals surface area contributed by atoms with Crippen molar-refractivity contribution in [1.29, 1.82) is 0 Å². The Balaban J connectivity index is 2.31. The summed E-state index contributed by atoms with van der Waals surface area (Å²) >= 11 is 18.6. The van der Waals surface area contributed by atoms with Crippen molar-refractivity contribution < 1.29 is 0 Å². The first-order valence-electron chi connectivity index (χ1n) is 6.45. The molecule has 20 heavy (non-hydrogen) atoms. The molecule has 0 aliphatic rings. The van der Waals surface area contributed by atoms with E-state index in [1.165, 1.54) is 21.5 Å². The summed E-state index contributed by atoms with van der Waals surface area (Å²) in [4.78, 5) is 0. The van der Waals surface area contributed by atoms with Gasteiger partial charge in [0, 0.05) is 5.54 Å². The lowest BCUT2D eigenvalue weighted by Gasteiger charge is -2.20. The molecule has 4 heteroatoms. The Bertz CT molecular complexity index is 777. The van der Waals surface area contributed by atoms with E-state index in [-0.39, 0.29) is 5.54 Å². The zero-order chi connectivity index (χ0) is 14.3. The summed E-state index contributed by atoms with van der Waals surface area (Å²) in [6.45, 7) is 2.00. The number of rotatable bonds is 2. The number of fused-ring (bicyclic) bond motifs is 2. The van der Waals surface area contributed by atoms with Gasteiger partial charge in [-0.1, -0.05) is 49.4 Å². The van der Waals surface area contributed by atoms with E-state index in [4.69, 9.17) is 33.2 Å². The van der Waals surface area contributed by atoms with Crippen LogP contribution in [-0.4, -0.2) is 6.00 Å². The topological polar surface area (TPSA) is 0 Å². The van der Waals surface area contributed by atoms with Crippen LogP contribution >= 0.6 is 33.2 Å². The summed E-state index contributed by atoms with van der Waals surface area (Å²) in [7, 11) is 0. The minimum atomic E-state index is -2.77. The average molecular weight is 340 g/mol. The second-order valence-electron chi connectivity index (χ2n) is 5.03. The smallest absolute Gasteiger partial charge is 0.125 e. The van der Waals surface area contributed by atoms with Gasteiger partial charge in [0.15, 0.2) is 0 Å². The number of halogens is 3. The fraction of sp³-hybridized carbons (Fsp3) is 0.125. The Hall–Kier alpha value is -0.733. The highest BCUT2D eigenvalue weighted by Gasteiger charge is 2.35. The van der Waals surface area contributed by atoms with Crippen molar-refractivity contribution in [2.45, 2.75) is 12.5 Å². The van der Waals surface area contributed by atoms with Gasteiger partial charge in [0.05, 0.1) is 0 Å². The number of benzene rings is 3. The molecule has 0 aliphatic heterocycles. The Kier molecular flexibility index (Phi) is 3.72. The Morgan fingerprint density at radius 1 is 0.800 bits per heavy atom. The van der Waals surface area contributed by atoms with Gasteiger partial charge in [0.2, 0.25) is 0 Å². The monoisotopic (exact) mass is 338 g/mol. The van der Waals surface area contributed by atoms with Crippen molar-refractivity contribution >= 4 is 60.8 Å². The molecule has 0 saturated heterocycles. The van der Waals surface area contributed by atoms with Gasteiger partial charge in [-0.15, -0.1) is 33.2 Å². The maximum atomic E-state index is 6.21. The van der Waals surface area contributed by atoms with Crippen LogP contribution in [0.5, 0.6) is 0 Å². The lowest BCUT2D eigenvalue weighted by molar-refractivity contribution is 1.08. The number of hydrogen-bond acceptors (Lipinski definition) is 0.